The fourth-order valence-electron chi connectivity index (χ4n) is 2.59. The third-order valence-corrected chi connectivity index (χ3v) is 3.60. The molecular formula is C16H17NO2. The number of anilines is 1. The topological polar surface area (TPSA) is 40.5 Å². The number of hydrogen-bond acceptors (Lipinski definition) is 2. The van der Waals surface area contributed by atoms with Gasteiger partial charge in [0.1, 0.15) is 0 Å². The molecule has 1 N–H and O–H groups in total. The molecule has 0 saturated heterocycles. The Bertz CT molecular complexity index is 650. The molecule has 1 aliphatic heterocycles. The van der Waals surface area contributed by atoms with Crippen LogP contribution in [0.1, 0.15) is 30.6 Å². The van der Waals surface area contributed by atoms with Crippen LogP contribution >= 0.6 is 0 Å². The van der Waals surface area contributed by atoms with E-state index in [0.29, 0.717) is 13.0 Å². The average molecular weight is 255 g/mol. The largest absolute Gasteiger partial charge is 0.390 e. The van der Waals surface area contributed by atoms with Gasteiger partial charge in [-0.2, -0.15) is 0 Å². The van der Waals surface area contributed by atoms with Crippen molar-refractivity contribution in [2.24, 2.45) is 0 Å². The molecule has 0 saturated carbocycles. The van der Waals surface area contributed by atoms with Gasteiger partial charge in [-0.1, -0.05) is 24.3 Å². The number of hydrogen-bond donors (Lipinski definition) is 1. The van der Waals surface area contributed by atoms with Crippen LogP contribution in [0.4, 0.5) is 5.69 Å². The Kier molecular flexibility index (Phi) is 2.61. The smallest absolute Gasteiger partial charge is 0.258 e. The first-order valence-corrected chi connectivity index (χ1v) is 6.53. The Morgan fingerprint density at radius 2 is 1.84 bits per heavy atom. The Labute approximate surface area is 112 Å². The van der Waals surface area contributed by atoms with Crippen LogP contribution in [0, 0.1) is 0 Å². The monoisotopic (exact) mass is 255 g/mol. The van der Waals surface area contributed by atoms with E-state index < -0.39 is 5.60 Å². The van der Waals surface area contributed by atoms with Gasteiger partial charge < -0.3 is 10.0 Å². The highest BCUT2D eigenvalue weighted by atomic mass is 16.3. The average Bonchev–Trinajstić information content (AvgIpc) is 2.62. The molecule has 19 heavy (non-hydrogen) atoms. The van der Waals surface area contributed by atoms with Gasteiger partial charge in [0.05, 0.1) is 11.3 Å². The minimum atomic E-state index is -0.761. The first kappa shape index (κ1) is 12.2. The van der Waals surface area contributed by atoms with Crippen LogP contribution in [-0.2, 0) is 0 Å². The molecule has 3 heteroatoms. The van der Waals surface area contributed by atoms with E-state index in [0.717, 1.165) is 22.0 Å². The zero-order chi connectivity index (χ0) is 13.6. The summed E-state index contributed by atoms with van der Waals surface area (Å²) in [5, 5.41) is 12.0. The lowest BCUT2D eigenvalue weighted by atomic mass is 10.1. The SMILES string of the molecule is CC(C)(O)CCN1C(=O)c2cccc3cccc1c23. The molecule has 0 unspecified atom stereocenters. The molecule has 0 bridgehead atoms. The summed E-state index contributed by atoms with van der Waals surface area (Å²) in [7, 11) is 0. The molecule has 1 heterocycles. The zero-order valence-corrected chi connectivity index (χ0v) is 11.2. The molecule has 0 aromatic heterocycles. The molecule has 3 nitrogen and oxygen atoms in total. The highest BCUT2D eigenvalue weighted by Gasteiger charge is 2.30. The normalized spacial score (nSPS) is 14.5. The van der Waals surface area contributed by atoms with E-state index in [9.17, 15) is 9.90 Å². The number of carbonyl (C=O) groups excluding carboxylic acids is 1. The lowest BCUT2D eigenvalue weighted by Crippen LogP contribution is -2.33. The minimum absolute atomic E-state index is 0.0380. The van der Waals surface area contributed by atoms with Gasteiger partial charge in [-0.3, -0.25) is 4.79 Å². The summed E-state index contributed by atoms with van der Waals surface area (Å²) in [6, 6.07) is 11.8. The molecule has 98 valence electrons. The van der Waals surface area contributed by atoms with Crippen molar-refractivity contribution < 1.29 is 9.90 Å². The van der Waals surface area contributed by atoms with Gasteiger partial charge in [0.25, 0.3) is 5.91 Å². The van der Waals surface area contributed by atoms with Crippen molar-refractivity contribution in [3.05, 3.63) is 42.0 Å². The van der Waals surface area contributed by atoms with Crippen LogP contribution in [-0.4, -0.2) is 23.2 Å². The first-order chi connectivity index (χ1) is 8.97. The lowest BCUT2D eigenvalue weighted by molar-refractivity contribution is 0.0720. The fraction of sp³-hybridized carbons (Fsp3) is 0.312. The summed E-state index contributed by atoms with van der Waals surface area (Å²) in [5.74, 6) is 0.0380. The van der Waals surface area contributed by atoms with Crippen molar-refractivity contribution >= 4 is 22.4 Å². The van der Waals surface area contributed by atoms with Gasteiger partial charge in [-0.15, -0.1) is 0 Å². The first-order valence-electron chi connectivity index (χ1n) is 6.53. The van der Waals surface area contributed by atoms with E-state index in [1.165, 1.54) is 0 Å². The summed E-state index contributed by atoms with van der Waals surface area (Å²) < 4.78 is 0. The maximum Gasteiger partial charge on any atom is 0.258 e. The maximum atomic E-state index is 12.4. The molecule has 1 aliphatic rings. The molecule has 2 aromatic carbocycles. The van der Waals surface area contributed by atoms with Crippen molar-refractivity contribution in [2.45, 2.75) is 25.9 Å². The quantitative estimate of drug-likeness (QED) is 0.916. The number of amides is 1. The van der Waals surface area contributed by atoms with Crippen LogP contribution in [0.25, 0.3) is 10.8 Å². The molecule has 0 atom stereocenters. The lowest BCUT2D eigenvalue weighted by Gasteiger charge is -2.23. The van der Waals surface area contributed by atoms with E-state index in [-0.39, 0.29) is 5.91 Å². The van der Waals surface area contributed by atoms with Crippen LogP contribution in [0.5, 0.6) is 0 Å². The molecular weight excluding hydrogens is 238 g/mol. The standard InChI is InChI=1S/C16H17NO2/c1-16(2,19)9-10-17-13-8-4-6-11-5-3-7-12(14(11)13)15(17)18/h3-8,19H,9-10H2,1-2H3. The number of benzene rings is 2. The zero-order valence-electron chi connectivity index (χ0n) is 11.2. The van der Waals surface area contributed by atoms with E-state index in [1.807, 2.05) is 36.4 Å². The second-order valence-electron chi connectivity index (χ2n) is 5.70. The summed E-state index contributed by atoms with van der Waals surface area (Å²) in [6.07, 6.45) is 0.559. The van der Waals surface area contributed by atoms with Gasteiger partial charge in [-0.25, -0.2) is 0 Å². The van der Waals surface area contributed by atoms with Gasteiger partial charge >= 0.3 is 0 Å². The highest BCUT2D eigenvalue weighted by molar-refractivity contribution is 6.24. The van der Waals surface area contributed by atoms with Crippen molar-refractivity contribution in [3.63, 3.8) is 0 Å². The van der Waals surface area contributed by atoms with Gasteiger partial charge in [0, 0.05) is 17.5 Å². The summed E-state index contributed by atoms with van der Waals surface area (Å²) in [5.41, 5.74) is 0.967. The third kappa shape index (κ3) is 2.00. The molecule has 0 spiro atoms. The molecule has 0 aliphatic carbocycles. The number of nitrogens with zero attached hydrogens (tertiary/aromatic N) is 1. The van der Waals surface area contributed by atoms with Gasteiger partial charge in [0.15, 0.2) is 0 Å². The van der Waals surface area contributed by atoms with E-state index >= 15 is 0 Å². The Hall–Kier alpha value is -1.87. The van der Waals surface area contributed by atoms with Crippen LogP contribution in [0.2, 0.25) is 0 Å². The molecule has 1 amide bonds. The van der Waals surface area contributed by atoms with Gasteiger partial charge in [-0.05, 0) is 37.8 Å². The Morgan fingerprint density at radius 3 is 2.53 bits per heavy atom. The minimum Gasteiger partial charge on any atom is -0.390 e. The van der Waals surface area contributed by atoms with Crippen LogP contribution in [0.3, 0.4) is 0 Å². The maximum absolute atomic E-state index is 12.4. The number of aliphatic hydroxyl groups is 1. The number of carbonyl (C=O) groups is 1. The van der Waals surface area contributed by atoms with Crippen molar-refractivity contribution in [1.29, 1.82) is 0 Å². The Morgan fingerprint density at radius 1 is 1.16 bits per heavy atom. The molecule has 0 radical (unpaired) electrons. The van der Waals surface area contributed by atoms with Crippen molar-refractivity contribution in [1.82, 2.24) is 0 Å². The Balaban J connectivity index is 2.03. The summed E-state index contributed by atoms with van der Waals surface area (Å²) in [6.45, 7) is 4.07. The predicted octanol–water partition coefficient (Wildman–Crippen LogP) is 2.96. The van der Waals surface area contributed by atoms with Crippen molar-refractivity contribution in [2.75, 3.05) is 11.4 Å². The fourth-order valence-corrected chi connectivity index (χ4v) is 2.59. The highest BCUT2D eigenvalue weighted by Crippen LogP contribution is 2.37. The van der Waals surface area contributed by atoms with Gasteiger partial charge in [0.2, 0.25) is 0 Å². The summed E-state index contributed by atoms with van der Waals surface area (Å²) >= 11 is 0. The molecule has 0 fully saturated rings. The summed E-state index contributed by atoms with van der Waals surface area (Å²) in [4.78, 5) is 14.2. The van der Waals surface area contributed by atoms with E-state index in [1.54, 1.807) is 18.7 Å². The predicted molar refractivity (Wildman–Crippen MR) is 76.5 cm³/mol. The third-order valence-electron chi connectivity index (χ3n) is 3.60. The second-order valence-corrected chi connectivity index (χ2v) is 5.70. The molecule has 3 rings (SSSR count). The molecule has 2 aromatic rings. The van der Waals surface area contributed by atoms with E-state index in [4.69, 9.17) is 0 Å². The van der Waals surface area contributed by atoms with Crippen molar-refractivity contribution in [3.8, 4) is 0 Å². The second kappa shape index (κ2) is 4.07. The van der Waals surface area contributed by atoms with Crippen LogP contribution in [0.15, 0.2) is 36.4 Å². The van der Waals surface area contributed by atoms with E-state index in [2.05, 4.69) is 0 Å². The van der Waals surface area contributed by atoms with Crippen LogP contribution < -0.4 is 4.90 Å². The number of rotatable bonds is 3.